The number of thiophene rings is 1. The van der Waals surface area contributed by atoms with Gasteiger partial charge in [-0.2, -0.15) is 0 Å². The number of aryl methyl sites for hydroxylation is 1. The number of rotatable bonds is 10. The molecule has 0 unspecified atom stereocenters. The van der Waals surface area contributed by atoms with Crippen LogP contribution in [0.2, 0.25) is 5.02 Å². The number of pyridine rings is 1. The number of aliphatic hydroxyl groups is 1. The highest BCUT2D eigenvalue weighted by Gasteiger charge is 2.19. The minimum atomic E-state index is -0.736. The molecule has 1 amide bonds. The van der Waals surface area contributed by atoms with E-state index in [0.29, 0.717) is 42.3 Å². The van der Waals surface area contributed by atoms with Gasteiger partial charge < -0.3 is 19.4 Å². The first kappa shape index (κ1) is 25.2. The normalized spacial score (nSPS) is 12.4. The molecule has 0 fully saturated rings. The fourth-order valence-electron chi connectivity index (χ4n) is 3.95. The van der Waals surface area contributed by atoms with Crippen LogP contribution in [0.1, 0.15) is 46.0 Å². The molecule has 4 rings (SSSR count). The van der Waals surface area contributed by atoms with E-state index < -0.39 is 12.0 Å². The Labute approximate surface area is 212 Å². The number of amides is 1. The summed E-state index contributed by atoms with van der Waals surface area (Å²) < 4.78 is 7.27. The number of hydrogen-bond acceptors (Lipinski definition) is 6. The number of benzene rings is 1. The highest BCUT2D eigenvalue weighted by atomic mass is 35.5. The summed E-state index contributed by atoms with van der Waals surface area (Å²) in [4.78, 5) is 30.0. The van der Waals surface area contributed by atoms with Crippen LogP contribution in [0.15, 0.2) is 64.1 Å². The minimum absolute atomic E-state index is 0.130. The van der Waals surface area contributed by atoms with E-state index in [-0.39, 0.29) is 11.0 Å². The number of carbonyl (C=O) groups is 1. The summed E-state index contributed by atoms with van der Waals surface area (Å²) in [6.07, 6.45) is 3.33. The minimum Gasteiger partial charge on any atom is -0.467 e. The molecule has 0 aliphatic rings. The Morgan fingerprint density at radius 3 is 2.74 bits per heavy atom. The largest absolute Gasteiger partial charge is 0.467 e. The first-order valence-corrected chi connectivity index (χ1v) is 12.6. The molecule has 1 atom stereocenters. The highest BCUT2D eigenvalue weighted by molar-refractivity contribution is 7.18. The molecule has 0 spiro atoms. The summed E-state index contributed by atoms with van der Waals surface area (Å²) in [7, 11) is 1.91. The number of likely N-dealkylation sites (N-methyl/N-ethyl adjacent to an activating group) is 1. The average Bonchev–Trinajstić information content (AvgIpc) is 3.51. The molecule has 4 aromatic rings. The number of aromatic nitrogens is 1. The van der Waals surface area contributed by atoms with Gasteiger partial charge in [-0.25, -0.2) is 0 Å². The predicted octanol–water partition coefficient (Wildman–Crippen LogP) is 4.81. The molecule has 3 aromatic heterocycles. The third-order valence-corrected chi connectivity index (χ3v) is 7.06. The Morgan fingerprint density at radius 1 is 1.29 bits per heavy atom. The molecular formula is C26H28ClN3O4S. The van der Waals surface area contributed by atoms with E-state index in [2.05, 4.69) is 12.2 Å². The Balaban J connectivity index is 1.54. The number of hydrogen-bond donors (Lipinski definition) is 2. The van der Waals surface area contributed by atoms with Gasteiger partial charge >= 0.3 is 0 Å². The molecule has 0 aliphatic carbocycles. The average molecular weight is 514 g/mol. The second-order valence-corrected chi connectivity index (χ2v) is 10.1. The highest BCUT2D eigenvalue weighted by Crippen LogP contribution is 2.26. The third-order valence-electron chi connectivity index (χ3n) is 5.66. The zero-order valence-corrected chi connectivity index (χ0v) is 21.2. The summed E-state index contributed by atoms with van der Waals surface area (Å²) in [6, 6.07) is 12.6. The number of furan rings is 1. The number of halogens is 1. The van der Waals surface area contributed by atoms with E-state index in [1.54, 1.807) is 30.5 Å². The SMILES string of the molecule is CCCn1cc(C(=O)NCc2ccc(Cl)cc2)c(=O)c2cc(CN(C)C[C@@H](O)c3ccco3)sc21. The number of nitrogens with zero attached hydrogens (tertiary/aromatic N) is 2. The van der Waals surface area contributed by atoms with Gasteiger partial charge in [0.2, 0.25) is 5.43 Å². The van der Waals surface area contributed by atoms with E-state index in [4.69, 9.17) is 16.0 Å². The summed E-state index contributed by atoms with van der Waals surface area (Å²) in [5, 5.41) is 14.4. The maximum atomic E-state index is 13.3. The van der Waals surface area contributed by atoms with Gasteiger partial charge in [0.05, 0.1) is 11.6 Å². The van der Waals surface area contributed by atoms with Crippen molar-refractivity contribution in [2.24, 2.45) is 0 Å². The topological polar surface area (TPSA) is 87.7 Å². The number of nitrogens with one attached hydrogen (secondary N) is 1. The lowest BCUT2D eigenvalue weighted by Gasteiger charge is -2.18. The Bertz CT molecular complexity index is 1350. The Hall–Kier alpha value is -2.91. The molecule has 7 nitrogen and oxygen atoms in total. The van der Waals surface area contributed by atoms with Gasteiger partial charge in [0, 0.05) is 42.3 Å². The van der Waals surface area contributed by atoms with Crippen molar-refractivity contribution in [3.05, 3.63) is 91.9 Å². The van der Waals surface area contributed by atoms with Crippen LogP contribution in [0.25, 0.3) is 10.2 Å². The molecule has 1 aromatic carbocycles. The standard InChI is InChI=1S/C26H28ClN3O4S/c1-3-10-30-15-21(25(33)28-13-17-6-8-18(27)9-7-17)24(32)20-12-19(35-26(20)30)14-29(2)16-22(31)23-5-4-11-34-23/h4-9,11-12,15,22,31H,3,10,13-14,16H2,1-2H3,(H,28,33)/t22-/m1/s1. The lowest BCUT2D eigenvalue weighted by Crippen LogP contribution is -2.29. The summed E-state index contributed by atoms with van der Waals surface area (Å²) in [5.41, 5.74) is 0.753. The predicted molar refractivity (Wildman–Crippen MR) is 139 cm³/mol. The monoisotopic (exact) mass is 513 g/mol. The van der Waals surface area contributed by atoms with Gasteiger partial charge in [-0.05, 0) is 49.4 Å². The molecule has 0 radical (unpaired) electrons. The third kappa shape index (κ3) is 6.02. The summed E-state index contributed by atoms with van der Waals surface area (Å²) in [5.74, 6) is 0.119. The summed E-state index contributed by atoms with van der Waals surface area (Å²) >= 11 is 7.46. The van der Waals surface area contributed by atoms with Crippen LogP contribution in [0, 0.1) is 0 Å². The van der Waals surface area contributed by atoms with Crippen molar-refractivity contribution in [1.82, 2.24) is 14.8 Å². The van der Waals surface area contributed by atoms with Crippen LogP contribution < -0.4 is 10.7 Å². The summed E-state index contributed by atoms with van der Waals surface area (Å²) in [6.45, 7) is 4.00. The molecular weight excluding hydrogens is 486 g/mol. The molecule has 9 heteroatoms. The second-order valence-electron chi connectivity index (χ2n) is 8.53. The fourth-order valence-corrected chi connectivity index (χ4v) is 5.31. The van der Waals surface area contributed by atoms with Crippen LogP contribution in [0.5, 0.6) is 0 Å². The van der Waals surface area contributed by atoms with Crippen molar-refractivity contribution < 1.29 is 14.3 Å². The van der Waals surface area contributed by atoms with E-state index in [1.165, 1.54) is 17.6 Å². The van der Waals surface area contributed by atoms with Crippen LogP contribution >= 0.6 is 22.9 Å². The molecule has 0 bridgehead atoms. The zero-order valence-electron chi connectivity index (χ0n) is 19.7. The van der Waals surface area contributed by atoms with Gasteiger partial charge in [0.15, 0.2) is 0 Å². The maximum Gasteiger partial charge on any atom is 0.257 e. The Morgan fingerprint density at radius 2 is 2.06 bits per heavy atom. The van der Waals surface area contributed by atoms with E-state index in [1.807, 2.05) is 34.7 Å². The fraction of sp³-hybridized carbons (Fsp3) is 0.308. The van der Waals surface area contributed by atoms with Crippen molar-refractivity contribution in [1.29, 1.82) is 0 Å². The lowest BCUT2D eigenvalue weighted by molar-refractivity contribution is 0.0949. The van der Waals surface area contributed by atoms with Gasteiger partial charge in [-0.3, -0.25) is 14.5 Å². The molecule has 2 N–H and O–H groups in total. The van der Waals surface area contributed by atoms with Gasteiger partial charge in [0.1, 0.15) is 22.3 Å². The van der Waals surface area contributed by atoms with Crippen molar-refractivity contribution in [3.63, 3.8) is 0 Å². The quantitative estimate of drug-likeness (QED) is 0.317. The molecule has 0 saturated carbocycles. The van der Waals surface area contributed by atoms with E-state index >= 15 is 0 Å². The molecule has 3 heterocycles. The van der Waals surface area contributed by atoms with Gasteiger partial charge in [0.25, 0.3) is 5.91 Å². The van der Waals surface area contributed by atoms with Crippen LogP contribution in [-0.4, -0.2) is 34.1 Å². The van der Waals surface area contributed by atoms with Gasteiger partial charge in [-0.1, -0.05) is 30.7 Å². The number of aliphatic hydroxyl groups excluding tert-OH is 1. The van der Waals surface area contributed by atoms with E-state index in [9.17, 15) is 14.7 Å². The van der Waals surface area contributed by atoms with Crippen LogP contribution in [-0.2, 0) is 19.6 Å². The maximum absolute atomic E-state index is 13.3. The smallest absolute Gasteiger partial charge is 0.257 e. The van der Waals surface area contributed by atoms with E-state index in [0.717, 1.165) is 21.7 Å². The molecule has 35 heavy (non-hydrogen) atoms. The number of carbonyl (C=O) groups excluding carboxylic acids is 1. The van der Waals surface area contributed by atoms with Crippen molar-refractivity contribution >= 4 is 39.1 Å². The second kappa shape index (κ2) is 11.2. The first-order chi connectivity index (χ1) is 16.9. The van der Waals surface area contributed by atoms with Gasteiger partial charge in [-0.15, -0.1) is 11.3 Å². The van der Waals surface area contributed by atoms with Crippen molar-refractivity contribution in [2.45, 2.75) is 39.1 Å². The first-order valence-electron chi connectivity index (χ1n) is 11.4. The van der Waals surface area contributed by atoms with Crippen LogP contribution in [0.3, 0.4) is 0 Å². The molecule has 0 aliphatic heterocycles. The lowest BCUT2D eigenvalue weighted by atomic mass is 10.1. The van der Waals surface area contributed by atoms with Crippen LogP contribution in [0.4, 0.5) is 0 Å². The molecule has 184 valence electrons. The zero-order chi connectivity index (χ0) is 24.9. The number of fused-ring (bicyclic) bond motifs is 1. The molecule has 0 saturated heterocycles. The van der Waals surface area contributed by atoms with Crippen molar-refractivity contribution in [3.8, 4) is 0 Å². The Kier molecular flexibility index (Phi) is 8.07. The van der Waals surface area contributed by atoms with Crippen molar-refractivity contribution in [2.75, 3.05) is 13.6 Å².